The standard InChI is InChI=1S/C54H88O6/c1-4-7-10-13-16-19-22-25-27-30-32-35-38-41-44-47-53(56)59-50-51(49-58-52(55)46-43-40-37-34-31-28-24-21-18-15-12-9-6-3)60-54(57)48-45-42-39-36-33-29-26-23-20-17-14-11-8-5-2/h7,9-10,12,16,18-19,21,25,27-28,31-32,35,41,44,51H,4-6,8,11,13-15,17,20,22-24,26,29-30,33-34,36-40,42-43,45-50H2,1-3H3/b10-7-,12-9-,19-16-,21-18-,27-25-,31-28-,35-32-,44-41-. The number of carbonyl (C=O) groups is 3. The van der Waals surface area contributed by atoms with Crippen molar-refractivity contribution in [2.45, 2.75) is 213 Å². The van der Waals surface area contributed by atoms with Crippen molar-refractivity contribution >= 4 is 17.9 Å². The van der Waals surface area contributed by atoms with E-state index in [-0.39, 0.29) is 31.6 Å². The predicted octanol–water partition coefficient (Wildman–Crippen LogP) is 15.8. The second-order valence-electron chi connectivity index (χ2n) is 15.6. The highest BCUT2D eigenvalue weighted by Gasteiger charge is 2.19. The van der Waals surface area contributed by atoms with Crippen LogP contribution in [0.3, 0.4) is 0 Å². The van der Waals surface area contributed by atoms with Crippen LogP contribution in [-0.4, -0.2) is 37.2 Å². The van der Waals surface area contributed by atoms with Crippen molar-refractivity contribution in [2.75, 3.05) is 13.2 Å². The molecule has 0 amide bonds. The summed E-state index contributed by atoms with van der Waals surface area (Å²) >= 11 is 0. The molecule has 0 aromatic heterocycles. The van der Waals surface area contributed by atoms with Crippen molar-refractivity contribution in [3.05, 3.63) is 97.2 Å². The van der Waals surface area contributed by atoms with Gasteiger partial charge in [0.2, 0.25) is 0 Å². The van der Waals surface area contributed by atoms with Crippen molar-refractivity contribution < 1.29 is 28.6 Å². The minimum Gasteiger partial charge on any atom is -0.462 e. The summed E-state index contributed by atoms with van der Waals surface area (Å²) in [7, 11) is 0. The lowest BCUT2D eigenvalue weighted by atomic mass is 10.0. The van der Waals surface area contributed by atoms with Gasteiger partial charge in [-0.2, -0.15) is 0 Å². The van der Waals surface area contributed by atoms with Gasteiger partial charge in [0.1, 0.15) is 13.2 Å². The van der Waals surface area contributed by atoms with Gasteiger partial charge in [-0.05, 0) is 77.0 Å². The van der Waals surface area contributed by atoms with Gasteiger partial charge in [0.25, 0.3) is 0 Å². The SMILES string of the molecule is CC/C=C\C/C=C\C/C=C\C/C=C\C/C=C\CC(=O)OCC(COC(=O)CCCCC/C=C\C/C=C\C/C=C\CC)OC(=O)CCCCCCCCCCCCCCCC. The highest BCUT2D eigenvalue weighted by molar-refractivity contribution is 5.72. The summed E-state index contributed by atoms with van der Waals surface area (Å²) in [4.78, 5) is 37.8. The van der Waals surface area contributed by atoms with Crippen LogP contribution in [0.1, 0.15) is 207 Å². The smallest absolute Gasteiger partial charge is 0.309 e. The molecule has 1 atom stereocenters. The van der Waals surface area contributed by atoms with Gasteiger partial charge in [0.15, 0.2) is 6.10 Å². The Kier molecular flexibility index (Phi) is 45.1. The molecule has 0 fully saturated rings. The monoisotopic (exact) mass is 833 g/mol. The first kappa shape index (κ1) is 56.3. The van der Waals surface area contributed by atoms with Crippen LogP contribution in [0.25, 0.3) is 0 Å². The average molecular weight is 833 g/mol. The van der Waals surface area contributed by atoms with Crippen molar-refractivity contribution in [3.63, 3.8) is 0 Å². The Morgan fingerprint density at radius 1 is 0.367 bits per heavy atom. The minimum absolute atomic E-state index is 0.121. The van der Waals surface area contributed by atoms with Gasteiger partial charge >= 0.3 is 17.9 Å². The Balaban J connectivity index is 4.55. The van der Waals surface area contributed by atoms with Crippen molar-refractivity contribution in [3.8, 4) is 0 Å². The Morgan fingerprint density at radius 3 is 1.17 bits per heavy atom. The molecular weight excluding hydrogens is 745 g/mol. The quantitative estimate of drug-likeness (QED) is 0.0264. The van der Waals surface area contributed by atoms with Crippen molar-refractivity contribution in [1.29, 1.82) is 0 Å². The van der Waals surface area contributed by atoms with Crippen LogP contribution in [0, 0.1) is 0 Å². The second-order valence-corrected chi connectivity index (χ2v) is 15.6. The van der Waals surface area contributed by atoms with Crippen LogP contribution >= 0.6 is 0 Å². The first-order valence-electron chi connectivity index (χ1n) is 24.2. The number of esters is 3. The zero-order valence-corrected chi connectivity index (χ0v) is 38.7. The summed E-state index contributed by atoms with van der Waals surface area (Å²) in [6.45, 7) is 6.28. The molecule has 0 aromatic rings. The molecule has 0 rings (SSSR count). The van der Waals surface area contributed by atoms with Gasteiger partial charge < -0.3 is 14.2 Å². The Labute approximate surface area is 368 Å². The van der Waals surface area contributed by atoms with E-state index in [0.717, 1.165) is 96.3 Å². The van der Waals surface area contributed by atoms with E-state index in [1.165, 1.54) is 70.6 Å². The largest absolute Gasteiger partial charge is 0.462 e. The van der Waals surface area contributed by atoms with E-state index < -0.39 is 12.1 Å². The van der Waals surface area contributed by atoms with Gasteiger partial charge in [0.05, 0.1) is 6.42 Å². The van der Waals surface area contributed by atoms with Crippen LogP contribution in [0.15, 0.2) is 97.2 Å². The molecule has 0 radical (unpaired) electrons. The normalized spacial score (nSPS) is 12.9. The number of rotatable bonds is 42. The molecule has 60 heavy (non-hydrogen) atoms. The summed E-state index contributed by atoms with van der Waals surface area (Å²) in [6.07, 6.45) is 62.7. The minimum atomic E-state index is -0.827. The molecule has 0 aromatic carbocycles. The number of ether oxygens (including phenoxy) is 3. The lowest BCUT2D eigenvalue weighted by Gasteiger charge is -2.18. The van der Waals surface area contributed by atoms with E-state index in [1.54, 1.807) is 6.08 Å². The van der Waals surface area contributed by atoms with Gasteiger partial charge in [-0.1, -0.05) is 208 Å². The van der Waals surface area contributed by atoms with E-state index >= 15 is 0 Å². The Bertz CT molecular complexity index is 1230. The fourth-order valence-electron chi connectivity index (χ4n) is 6.29. The first-order valence-corrected chi connectivity index (χ1v) is 24.2. The molecule has 340 valence electrons. The second kappa shape index (κ2) is 48.0. The molecule has 0 aliphatic heterocycles. The van der Waals surface area contributed by atoms with Crippen LogP contribution < -0.4 is 0 Å². The number of allylic oxidation sites excluding steroid dienone is 15. The third-order valence-corrected chi connectivity index (χ3v) is 9.87. The molecule has 0 N–H and O–H groups in total. The van der Waals surface area contributed by atoms with Gasteiger partial charge in [-0.15, -0.1) is 0 Å². The van der Waals surface area contributed by atoms with Gasteiger partial charge in [-0.3, -0.25) is 14.4 Å². The molecule has 0 saturated heterocycles. The molecule has 0 spiro atoms. The summed E-state index contributed by atoms with van der Waals surface area (Å²) in [5.74, 6) is -1.09. The molecule has 1 unspecified atom stereocenters. The maximum atomic E-state index is 12.8. The van der Waals surface area contributed by atoms with Crippen LogP contribution in [0.2, 0.25) is 0 Å². The summed E-state index contributed by atoms with van der Waals surface area (Å²) in [5.41, 5.74) is 0. The third-order valence-electron chi connectivity index (χ3n) is 9.87. The topological polar surface area (TPSA) is 78.9 Å². The molecule has 0 saturated carbocycles. The summed E-state index contributed by atoms with van der Waals surface area (Å²) in [6, 6.07) is 0. The van der Waals surface area contributed by atoms with E-state index in [1.807, 2.05) is 6.08 Å². The van der Waals surface area contributed by atoms with Crippen LogP contribution in [0.4, 0.5) is 0 Å². The third kappa shape index (κ3) is 45.4. The van der Waals surface area contributed by atoms with E-state index in [2.05, 4.69) is 106 Å². The number of hydrogen-bond donors (Lipinski definition) is 0. The maximum absolute atomic E-state index is 12.8. The Hall–Kier alpha value is -3.67. The molecule has 0 aliphatic rings. The van der Waals surface area contributed by atoms with E-state index in [0.29, 0.717) is 12.8 Å². The van der Waals surface area contributed by atoms with Gasteiger partial charge in [-0.25, -0.2) is 0 Å². The predicted molar refractivity (Wildman–Crippen MR) is 256 cm³/mol. The zero-order valence-electron chi connectivity index (χ0n) is 38.7. The molecule has 0 heterocycles. The first-order chi connectivity index (χ1) is 29.5. The average Bonchev–Trinajstić information content (AvgIpc) is 3.24. The fraction of sp³-hybridized carbons (Fsp3) is 0.648. The lowest BCUT2D eigenvalue weighted by molar-refractivity contribution is -0.166. The highest BCUT2D eigenvalue weighted by atomic mass is 16.6. The maximum Gasteiger partial charge on any atom is 0.309 e. The van der Waals surface area contributed by atoms with Gasteiger partial charge in [0, 0.05) is 12.8 Å². The highest BCUT2D eigenvalue weighted by Crippen LogP contribution is 2.14. The number of carbonyl (C=O) groups excluding carboxylic acids is 3. The molecule has 6 heteroatoms. The Morgan fingerprint density at radius 2 is 0.717 bits per heavy atom. The number of hydrogen-bond acceptors (Lipinski definition) is 6. The molecule has 6 nitrogen and oxygen atoms in total. The lowest BCUT2D eigenvalue weighted by Crippen LogP contribution is -2.30. The van der Waals surface area contributed by atoms with Crippen molar-refractivity contribution in [1.82, 2.24) is 0 Å². The van der Waals surface area contributed by atoms with Crippen LogP contribution in [0.5, 0.6) is 0 Å². The molecule has 0 bridgehead atoms. The molecule has 0 aliphatic carbocycles. The summed E-state index contributed by atoms with van der Waals surface area (Å²) in [5, 5.41) is 0. The number of unbranched alkanes of at least 4 members (excludes halogenated alkanes) is 16. The van der Waals surface area contributed by atoms with E-state index in [4.69, 9.17) is 14.2 Å². The van der Waals surface area contributed by atoms with Crippen molar-refractivity contribution in [2.24, 2.45) is 0 Å². The fourth-order valence-corrected chi connectivity index (χ4v) is 6.29. The van der Waals surface area contributed by atoms with Crippen LogP contribution in [-0.2, 0) is 28.6 Å². The van der Waals surface area contributed by atoms with E-state index in [9.17, 15) is 14.4 Å². The summed E-state index contributed by atoms with van der Waals surface area (Å²) < 4.78 is 16.6. The zero-order chi connectivity index (χ0) is 43.7. The molecular formula is C54H88O6.